The first-order valence-corrected chi connectivity index (χ1v) is 10.6. The fraction of sp³-hybridized carbons (Fsp3) is 0.348. The standard InChI is InChI=1S/C23H24N6O5/c1-31-7-8-33-9-10-34-22-21(32-2)11-16(12-25-22)19-4-3-18-20(27-19)15-29(23(18)30)17-13-26-28(14-17)6-5-24/h3-4,11-14H,6-10,15H2,1-2H3. The van der Waals surface area contributed by atoms with Gasteiger partial charge in [-0.15, -0.1) is 0 Å². The zero-order valence-corrected chi connectivity index (χ0v) is 18.9. The number of hydrogen-bond donors (Lipinski definition) is 0. The van der Waals surface area contributed by atoms with Crippen LogP contribution in [0.4, 0.5) is 5.69 Å². The number of pyridine rings is 2. The van der Waals surface area contributed by atoms with Crippen molar-refractivity contribution in [1.29, 1.82) is 5.26 Å². The topological polar surface area (TPSA) is 125 Å². The number of ether oxygens (including phenoxy) is 4. The van der Waals surface area contributed by atoms with Gasteiger partial charge in [-0.2, -0.15) is 10.4 Å². The second-order valence-corrected chi connectivity index (χ2v) is 7.32. The Kier molecular flexibility index (Phi) is 7.31. The summed E-state index contributed by atoms with van der Waals surface area (Å²) >= 11 is 0. The minimum absolute atomic E-state index is 0.118. The molecule has 4 rings (SSSR count). The van der Waals surface area contributed by atoms with Crippen LogP contribution in [0.1, 0.15) is 16.1 Å². The van der Waals surface area contributed by atoms with Gasteiger partial charge in [-0.3, -0.25) is 19.4 Å². The Balaban J connectivity index is 1.47. The van der Waals surface area contributed by atoms with Gasteiger partial charge in [0.05, 0.1) is 68.4 Å². The highest BCUT2D eigenvalue weighted by molar-refractivity contribution is 6.09. The molecule has 0 N–H and O–H groups in total. The molecular formula is C23H24N6O5. The third-order valence-electron chi connectivity index (χ3n) is 5.15. The van der Waals surface area contributed by atoms with E-state index >= 15 is 0 Å². The second-order valence-electron chi connectivity index (χ2n) is 7.32. The Bertz CT molecular complexity index is 1200. The summed E-state index contributed by atoms with van der Waals surface area (Å²) in [5.74, 6) is 0.676. The van der Waals surface area contributed by atoms with Gasteiger partial charge in [0, 0.05) is 25.1 Å². The van der Waals surface area contributed by atoms with E-state index in [0.717, 1.165) is 5.56 Å². The SMILES string of the molecule is COCCOCCOc1ncc(-c2ccc3c(n2)CN(c2cnn(CC#N)c2)C3=O)cc1OC. The molecule has 0 spiro atoms. The summed E-state index contributed by atoms with van der Waals surface area (Å²) in [5.41, 5.74) is 3.20. The molecule has 11 heteroatoms. The number of nitriles is 1. The average Bonchev–Trinajstić information content (AvgIpc) is 3.45. The summed E-state index contributed by atoms with van der Waals surface area (Å²) in [4.78, 5) is 23.5. The summed E-state index contributed by atoms with van der Waals surface area (Å²) in [6, 6.07) is 7.36. The van der Waals surface area contributed by atoms with E-state index in [1.54, 1.807) is 55.9 Å². The molecule has 1 aliphatic heterocycles. The van der Waals surface area contributed by atoms with Crippen molar-refractivity contribution < 1.29 is 23.7 Å². The molecule has 0 saturated heterocycles. The van der Waals surface area contributed by atoms with Crippen LogP contribution in [0.2, 0.25) is 0 Å². The molecule has 0 aliphatic carbocycles. The van der Waals surface area contributed by atoms with Crippen molar-refractivity contribution in [3.8, 4) is 29.0 Å². The zero-order chi connectivity index (χ0) is 23.9. The van der Waals surface area contributed by atoms with E-state index < -0.39 is 0 Å². The van der Waals surface area contributed by atoms with Crippen molar-refractivity contribution in [2.75, 3.05) is 45.5 Å². The lowest BCUT2D eigenvalue weighted by Crippen LogP contribution is -2.22. The molecule has 0 unspecified atom stereocenters. The molecule has 0 aromatic carbocycles. The molecule has 1 amide bonds. The highest BCUT2D eigenvalue weighted by Crippen LogP contribution is 2.32. The fourth-order valence-electron chi connectivity index (χ4n) is 3.47. The predicted octanol–water partition coefficient (Wildman–Crippen LogP) is 2.07. The largest absolute Gasteiger partial charge is 0.491 e. The predicted molar refractivity (Wildman–Crippen MR) is 121 cm³/mol. The maximum Gasteiger partial charge on any atom is 0.260 e. The molecule has 176 valence electrons. The third-order valence-corrected chi connectivity index (χ3v) is 5.15. The minimum Gasteiger partial charge on any atom is -0.491 e. The summed E-state index contributed by atoms with van der Waals surface area (Å²) in [5, 5.41) is 12.9. The number of methoxy groups -OCH3 is 2. The molecule has 1 aliphatic rings. The van der Waals surface area contributed by atoms with Crippen LogP contribution in [0, 0.1) is 11.3 Å². The Labute approximate surface area is 196 Å². The molecule has 0 radical (unpaired) electrons. The summed E-state index contributed by atoms with van der Waals surface area (Å²) in [7, 11) is 3.16. The Hall–Kier alpha value is -4.01. The number of aromatic nitrogens is 4. The third kappa shape index (κ3) is 4.98. The lowest BCUT2D eigenvalue weighted by molar-refractivity contribution is 0.0532. The highest BCUT2D eigenvalue weighted by Gasteiger charge is 2.31. The van der Waals surface area contributed by atoms with Gasteiger partial charge in [0.1, 0.15) is 13.2 Å². The summed E-state index contributed by atoms with van der Waals surface area (Å²) in [6.45, 7) is 2.18. The van der Waals surface area contributed by atoms with Crippen LogP contribution in [0.15, 0.2) is 36.8 Å². The smallest absolute Gasteiger partial charge is 0.260 e. The second kappa shape index (κ2) is 10.7. The summed E-state index contributed by atoms with van der Waals surface area (Å²) in [6.07, 6.45) is 4.89. The zero-order valence-electron chi connectivity index (χ0n) is 18.9. The highest BCUT2D eigenvalue weighted by atomic mass is 16.6. The first-order chi connectivity index (χ1) is 16.6. The Morgan fingerprint density at radius 3 is 2.79 bits per heavy atom. The van der Waals surface area contributed by atoms with Crippen molar-refractivity contribution in [2.24, 2.45) is 0 Å². The lowest BCUT2D eigenvalue weighted by atomic mass is 10.1. The van der Waals surface area contributed by atoms with Crippen molar-refractivity contribution in [3.05, 3.63) is 48.0 Å². The van der Waals surface area contributed by atoms with E-state index in [1.165, 1.54) is 4.68 Å². The van der Waals surface area contributed by atoms with Gasteiger partial charge >= 0.3 is 0 Å². The van der Waals surface area contributed by atoms with Crippen LogP contribution in [-0.4, -0.2) is 66.3 Å². The van der Waals surface area contributed by atoms with Crippen molar-refractivity contribution in [3.63, 3.8) is 0 Å². The normalized spacial score (nSPS) is 12.5. The Morgan fingerprint density at radius 2 is 2.00 bits per heavy atom. The van der Waals surface area contributed by atoms with Crippen molar-refractivity contribution in [1.82, 2.24) is 19.7 Å². The molecule has 0 bridgehead atoms. The number of hydrogen-bond acceptors (Lipinski definition) is 9. The van der Waals surface area contributed by atoms with Crippen LogP contribution in [0.25, 0.3) is 11.3 Å². The molecule has 34 heavy (non-hydrogen) atoms. The molecule has 4 heterocycles. The molecule has 0 atom stereocenters. The number of anilines is 1. The fourth-order valence-corrected chi connectivity index (χ4v) is 3.47. The molecule has 3 aromatic heterocycles. The van der Waals surface area contributed by atoms with Crippen LogP contribution in [0.5, 0.6) is 11.6 Å². The van der Waals surface area contributed by atoms with Gasteiger partial charge in [0.25, 0.3) is 11.8 Å². The van der Waals surface area contributed by atoms with Crippen LogP contribution < -0.4 is 14.4 Å². The van der Waals surface area contributed by atoms with E-state index in [0.29, 0.717) is 67.2 Å². The first kappa shape index (κ1) is 23.2. The molecule has 11 nitrogen and oxygen atoms in total. The average molecular weight is 464 g/mol. The Morgan fingerprint density at radius 1 is 1.15 bits per heavy atom. The molecular weight excluding hydrogens is 440 g/mol. The first-order valence-electron chi connectivity index (χ1n) is 10.6. The number of nitrogens with zero attached hydrogens (tertiary/aromatic N) is 6. The number of carbonyl (C=O) groups excluding carboxylic acids is 1. The van der Waals surface area contributed by atoms with Crippen LogP contribution in [-0.2, 0) is 22.6 Å². The minimum atomic E-state index is -0.155. The van der Waals surface area contributed by atoms with Gasteiger partial charge in [0.15, 0.2) is 5.75 Å². The number of amides is 1. The van der Waals surface area contributed by atoms with E-state index in [2.05, 4.69) is 10.1 Å². The van der Waals surface area contributed by atoms with Crippen LogP contribution >= 0.6 is 0 Å². The molecule has 0 fully saturated rings. The van der Waals surface area contributed by atoms with Gasteiger partial charge in [-0.25, -0.2) is 4.98 Å². The van der Waals surface area contributed by atoms with Gasteiger partial charge < -0.3 is 18.9 Å². The van der Waals surface area contributed by atoms with Gasteiger partial charge in [-0.05, 0) is 18.2 Å². The van der Waals surface area contributed by atoms with E-state index in [1.807, 2.05) is 6.07 Å². The van der Waals surface area contributed by atoms with Crippen molar-refractivity contribution >= 4 is 11.6 Å². The van der Waals surface area contributed by atoms with Gasteiger partial charge in [-0.1, -0.05) is 0 Å². The number of fused-ring (bicyclic) bond motifs is 1. The molecule has 0 saturated carbocycles. The lowest BCUT2D eigenvalue weighted by Gasteiger charge is -2.12. The van der Waals surface area contributed by atoms with E-state index in [-0.39, 0.29) is 12.5 Å². The van der Waals surface area contributed by atoms with E-state index in [9.17, 15) is 4.79 Å². The number of rotatable bonds is 11. The molecule has 3 aromatic rings. The van der Waals surface area contributed by atoms with Gasteiger partial charge in [0.2, 0.25) is 0 Å². The van der Waals surface area contributed by atoms with Crippen LogP contribution in [0.3, 0.4) is 0 Å². The van der Waals surface area contributed by atoms with Crippen molar-refractivity contribution in [2.45, 2.75) is 13.1 Å². The van der Waals surface area contributed by atoms with E-state index in [4.69, 9.17) is 29.2 Å². The monoisotopic (exact) mass is 464 g/mol. The number of carbonyl (C=O) groups is 1. The quantitative estimate of drug-likeness (QED) is 0.392. The summed E-state index contributed by atoms with van der Waals surface area (Å²) < 4.78 is 22.9. The maximum absolute atomic E-state index is 12.9. The maximum atomic E-state index is 12.9.